The lowest BCUT2D eigenvalue weighted by atomic mass is 9.74. The molecule has 2 rings (SSSR count). The van der Waals surface area contributed by atoms with Crippen molar-refractivity contribution in [2.45, 2.75) is 124 Å². The van der Waals surface area contributed by atoms with Gasteiger partial charge in [-0.25, -0.2) is 0 Å². The first-order valence-corrected chi connectivity index (χ1v) is 12.2. The Morgan fingerprint density at radius 2 is 0.903 bits per heavy atom. The molecule has 31 heavy (non-hydrogen) atoms. The van der Waals surface area contributed by atoms with Crippen molar-refractivity contribution in [2.24, 2.45) is 0 Å². The Kier molecular flexibility index (Phi) is 7.26. The molecule has 2 aromatic carbocycles. The summed E-state index contributed by atoms with van der Waals surface area (Å²) in [7, 11) is 0. The topological polar surface area (TPSA) is 0 Å². The highest BCUT2D eigenvalue weighted by Gasteiger charge is 2.25. The Balaban J connectivity index is 2.26. The molecule has 0 aliphatic carbocycles. The molecule has 0 fully saturated rings. The minimum atomic E-state index is 0.168. The molecule has 0 unspecified atom stereocenters. The zero-order chi connectivity index (χ0) is 23.8. The first-order valence-electron chi connectivity index (χ1n) is 12.2. The van der Waals surface area contributed by atoms with Crippen LogP contribution in [0.3, 0.4) is 0 Å². The first kappa shape index (κ1) is 25.7. The molecule has 0 radical (unpaired) electrons. The highest BCUT2D eigenvalue weighted by Crippen LogP contribution is 2.35. The van der Waals surface area contributed by atoms with Crippen molar-refractivity contribution in [1.82, 2.24) is 0 Å². The van der Waals surface area contributed by atoms with E-state index < -0.39 is 0 Å². The molecule has 0 bridgehead atoms. The van der Waals surface area contributed by atoms with Crippen LogP contribution in [0.2, 0.25) is 0 Å². The summed E-state index contributed by atoms with van der Waals surface area (Å²) in [5.74, 6) is 0. The van der Waals surface area contributed by atoms with Gasteiger partial charge in [0, 0.05) is 0 Å². The summed E-state index contributed by atoms with van der Waals surface area (Å²) >= 11 is 0. The summed E-state index contributed by atoms with van der Waals surface area (Å²) in [6, 6.07) is 14.5. The maximum atomic E-state index is 2.48. The van der Waals surface area contributed by atoms with E-state index in [1.165, 1.54) is 39.8 Å². The zero-order valence-corrected chi connectivity index (χ0v) is 22.6. The largest absolute Gasteiger partial charge is 0.0587 e. The maximum absolute atomic E-state index is 2.48. The molecule has 0 aliphatic heterocycles. The molecule has 0 aromatic heterocycles. The van der Waals surface area contributed by atoms with Crippen LogP contribution in [-0.2, 0) is 34.5 Å². The summed E-state index contributed by atoms with van der Waals surface area (Å²) < 4.78 is 0. The quantitative estimate of drug-likeness (QED) is 0.462. The van der Waals surface area contributed by atoms with Crippen LogP contribution in [-0.4, -0.2) is 0 Å². The van der Waals surface area contributed by atoms with E-state index in [-0.39, 0.29) is 21.7 Å². The van der Waals surface area contributed by atoms with Crippen LogP contribution < -0.4 is 0 Å². The minimum absolute atomic E-state index is 0.168. The number of benzene rings is 2. The van der Waals surface area contributed by atoms with Gasteiger partial charge in [0.05, 0.1) is 0 Å². The predicted molar refractivity (Wildman–Crippen MR) is 140 cm³/mol. The summed E-state index contributed by atoms with van der Waals surface area (Å²) in [6.07, 6.45) is 3.46. The molecule has 0 nitrogen and oxygen atoms in total. The average molecular weight is 421 g/mol. The van der Waals surface area contributed by atoms with Gasteiger partial charge in [0.1, 0.15) is 0 Å². The minimum Gasteiger partial charge on any atom is -0.0587 e. The normalized spacial score (nSPS) is 13.5. The summed E-state index contributed by atoms with van der Waals surface area (Å²) in [4.78, 5) is 0. The Morgan fingerprint density at radius 3 is 1.32 bits per heavy atom. The summed E-state index contributed by atoms with van der Waals surface area (Å²) in [5.41, 5.74) is 9.57. The summed E-state index contributed by atoms with van der Waals surface area (Å²) in [5, 5.41) is 0. The van der Waals surface area contributed by atoms with Crippen LogP contribution in [0.4, 0.5) is 0 Å². The van der Waals surface area contributed by atoms with Gasteiger partial charge in [-0.1, -0.05) is 119 Å². The number of hydrogen-bond acceptors (Lipinski definition) is 0. The monoisotopic (exact) mass is 420 g/mol. The Morgan fingerprint density at radius 1 is 0.452 bits per heavy atom. The lowest BCUT2D eigenvalue weighted by Gasteiger charge is -2.30. The van der Waals surface area contributed by atoms with Gasteiger partial charge in [-0.15, -0.1) is 0 Å². The maximum Gasteiger partial charge on any atom is -0.0129 e. The fourth-order valence-electron chi connectivity index (χ4n) is 4.22. The predicted octanol–water partition coefficient (Wildman–Crippen LogP) is 9.05. The molecule has 0 atom stereocenters. The second kappa shape index (κ2) is 8.76. The van der Waals surface area contributed by atoms with Gasteiger partial charge in [-0.2, -0.15) is 0 Å². The van der Waals surface area contributed by atoms with Gasteiger partial charge < -0.3 is 0 Å². The molecule has 0 heterocycles. The lowest BCUT2D eigenvalue weighted by molar-refractivity contribution is 0.529. The van der Waals surface area contributed by atoms with Crippen molar-refractivity contribution >= 4 is 0 Å². The van der Waals surface area contributed by atoms with Crippen LogP contribution >= 0.6 is 0 Å². The molecule has 2 aromatic rings. The van der Waals surface area contributed by atoms with E-state index in [4.69, 9.17) is 0 Å². The second-order valence-electron chi connectivity index (χ2n) is 13.7. The zero-order valence-electron chi connectivity index (χ0n) is 22.6. The van der Waals surface area contributed by atoms with Crippen molar-refractivity contribution in [3.8, 4) is 0 Å². The molecular formula is C31H48. The standard InChI is InChI=1S/C31H48/c1-28(2,3)24-18-23(19-25(21-24)29(4,5)6)15-13-14-22-16-17-26(30(7,8)9)27(20-22)31(10,11)12/h16-21H,13-15H2,1-12H3. The molecule has 0 amide bonds. The van der Waals surface area contributed by atoms with E-state index >= 15 is 0 Å². The molecule has 0 N–H and O–H groups in total. The number of aryl methyl sites for hydroxylation is 2. The molecule has 0 saturated carbocycles. The van der Waals surface area contributed by atoms with Crippen molar-refractivity contribution in [2.75, 3.05) is 0 Å². The van der Waals surface area contributed by atoms with Crippen LogP contribution in [0, 0.1) is 0 Å². The van der Waals surface area contributed by atoms with Crippen LogP contribution in [0.15, 0.2) is 36.4 Å². The third-order valence-corrected chi connectivity index (χ3v) is 6.36. The van der Waals surface area contributed by atoms with Gasteiger partial charge in [0.25, 0.3) is 0 Å². The van der Waals surface area contributed by atoms with E-state index in [1.807, 2.05) is 0 Å². The molecular weight excluding hydrogens is 372 g/mol. The SMILES string of the molecule is CC(C)(C)c1cc(CCCc2ccc(C(C)(C)C)c(C(C)(C)C)c2)cc(C(C)(C)C)c1. The van der Waals surface area contributed by atoms with E-state index in [1.54, 1.807) is 0 Å². The van der Waals surface area contributed by atoms with Crippen LogP contribution in [0.25, 0.3) is 0 Å². The van der Waals surface area contributed by atoms with Crippen LogP contribution in [0.5, 0.6) is 0 Å². The molecule has 0 saturated heterocycles. The average Bonchev–Trinajstić information content (AvgIpc) is 2.58. The first-order chi connectivity index (χ1) is 13.9. The van der Waals surface area contributed by atoms with Gasteiger partial charge in [0.2, 0.25) is 0 Å². The van der Waals surface area contributed by atoms with E-state index in [9.17, 15) is 0 Å². The van der Waals surface area contributed by atoms with Crippen molar-refractivity contribution in [3.05, 3.63) is 69.8 Å². The van der Waals surface area contributed by atoms with Gasteiger partial charge in [-0.05, 0) is 74.3 Å². The third-order valence-electron chi connectivity index (χ3n) is 6.36. The molecule has 0 spiro atoms. The van der Waals surface area contributed by atoms with Crippen molar-refractivity contribution in [1.29, 1.82) is 0 Å². The van der Waals surface area contributed by atoms with E-state index in [0.717, 1.165) is 12.8 Å². The molecule has 172 valence electrons. The van der Waals surface area contributed by atoms with E-state index in [2.05, 4.69) is 119 Å². The highest BCUT2D eigenvalue weighted by atomic mass is 14.3. The Labute approximate surface area is 193 Å². The van der Waals surface area contributed by atoms with Crippen molar-refractivity contribution < 1.29 is 0 Å². The van der Waals surface area contributed by atoms with Crippen molar-refractivity contribution in [3.63, 3.8) is 0 Å². The van der Waals surface area contributed by atoms with Gasteiger partial charge in [-0.3, -0.25) is 0 Å². The van der Waals surface area contributed by atoms with Gasteiger partial charge >= 0.3 is 0 Å². The Bertz CT molecular complexity index is 851. The second-order valence-corrected chi connectivity index (χ2v) is 13.7. The summed E-state index contributed by atoms with van der Waals surface area (Å²) in [6.45, 7) is 27.9. The highest BCUT2D eigenvalue weighted by molar-refractivity contribution is 5.41. The third kappa shape index (κ3) is 6.96. The fourth-order valence-corrected chi connectivity index (χ4v) is 4.22. The molecule has 0 aliphatic rings. The van der Waals surface area contributed by atoms with Gasteiger partial charge in [0.15, 0.2) is 0 Å². The lowest BCUT2D eigenvalue weighted by Crippen LogP contribution is -2.22. The number of rotatable bonds is 4. The number of hydrogen-bond donors (Lipinski definition) is 0. The van der Waals surface area contributed by atoms with E-state index in [0.29, 0.717) is 0 Å². The Hall–Kier alpha value is -1.56. The smallest absolute Gasteiger partial charge is 0.0129 e. The fraction of sp³-hybridized carbons (Fsp3) is 0.613. The molecule has 0 heteroatoms. The van der Waals surface area contributed by atoms with Crippen LogP contribution in [0.1, 0.15) is 123 Å².